The van der Waals surface area contributed by atoms with Gasteiger partial charge in [0.05, 0.1) is 0 Å². The molecule has 1 aliphatic carbocycles. The molecule has 2 fully saturated rings. The molecule has 0 radical (unpaired) electrons. The number of rotatable bonds is 6. The van der Waals surface area contributed by atoms with Crippen molar-refractivity contribution in [2.45, 2.75) is 78.2 Å². The van der Waals surface area contributed by atoms with Gasteiger partial charge in [0.2, 0.25) is 11.8 Å². The van der Waals surface area contributed by atoms with E-state index >= 15 is 0 Å². The van der Waals surface area contributed by atoms with E-state index in [9.17, 15) is 9.59 Å². The van der Waals surface area contributed by atoms with Crippen LogP contribution in [0.15, 0.2) is 24.3 Å². The molecule has 3 rings (SSSR count). The zero-order chi connectivity index (χ0) is 21.9. The van der Waals surface area contributed by atoms with Crippen LogP contribution < -0.4 is 5.32 Å². The van der Waals surface area contributed by atoms with Crippen molar-refractivity contribution in [3.8, 4) is 0 Å². The van der Waals surface area contributed by atoms with Gasteiger partial charge >= 0.3 is 0 Å². The number of benzene rings is 1. The van der Waals surface area contributed by atoms with Crippen LogP contribution in [0.1, 0.15) is 77.7 Å². The number of amides is 2. The Balaban J connectivity index is 1.70. The SMILES string of the molecule is CC[C@H](C)[C@@H](NC(=O)C1CCCC1)C(=O)N1CCC(c2ccc(Cl)cc2)C(C)(C)C1. The number of halogens is 1. The number of carbonyl (C=O) groups is 2. The molecule has 0 bridgehead atoms. The van der Waals surface area contributed by atoms with Gasteiger partial charge in [-0.2, -0.15) is 0 Å². The van der Waals surface area contributed by atoms with Crippen LogP contribution in [0.3, 0.4) is 0 Å². The Hall–Kier alpha value is -1.55. The van der Waals surface area contributed by atoms with E-state index in [0.29, 0.717) is 12.5 Å². The van der Waals surface area contributed by atoms with Gasteiger partial charge in [0.25, 0.3) is 0 Å². The van der Waals surface area contributed by atoms with Crippen LogP contribution in [0.2, 0.25) is 5.02 Å². The normalized spacial score (nSPS) is 23.8. The number of carbonyl (C=O) groups excluding carboxylic acids is 2. The molecule has 1 aromatic rings. The molecule has 4 nitrogen and oxygen atoms in total. The van der Waals surface area contributed by atoms with E-state index in [2.05, 4.69) is 45.1 Å². The Morgan fingerprint density at radius 3 is 2.37 bits per heavy atom. The van der Waals surface area contributed by atoms with E-state index in [0.717, 1.165) is 50.1 Å². The third-order valence-corrected chi connectivity index (χ3v) is 7.57. The summed E-state index contributed by atoms with van der Waals surface area (Å²) in [4.78, 5) is 28.3. The number of likely N-dealkylation sites (tertiary alicyclic amines) is 1. The second-order valence-corrected chi connectivity index (χ2v) is 10.4. The van der Waals surface area contributed by atoms with Gasteiger partial charge in [-0.15, -0.1) is 0 Å². The molecule has 0 aromatic heterocycles. The van der Waals surface area contributed by atoms with Crippen molar-refractivity contribution in [2.24, 2.45) is 17.3 Å². The number of hydrogen-bond acceptors (Lipinski definition) is 2. The summed E-state index contributed by atoms with van der Waals surface area (Å²) in [7, 11) is 0. The first-order chi connectivity index (χ1) is 14.2. The highest BCUT2D eigenvalue weighted by Gasteiger charge is 2.41. The minimum atomic E-state index is -0.425. The minimum absolute atomic E-state index is 0.0444. The largest absolute Gasteiger partial charge is 0.344 e. The number of hydrogen-bond donors (Lipinski definition) is 1. The fourth-order valence-electron chi connectivity index (χ4n) is 5.20. The number of nitrogens with zero attached hydrogens (tertiary/aromatic N) is 1. The van der Waals surface area contributed by atoms with Crippen LogP contribution in [-0.2, 0) is 9.59 Å². The van der Waals surface area contributed by atoms with Crippen molar-refractivity contribution in [3.63, 3.8) is 0 Å². The third-order valence-electron chi connectivity index (χ3n) is 7.32. The van der Waals surface area contributed by atoms with Crippen LogP contribution in [0.4, 0.5) is 0 Å². The molecule has 1 unspecified atom stereocenters. The first-order valence-corrected chi connectivity index (χ1v) is 12.0. The number of nitrogens with one attached hydrogen (secondary N) is 1. The summed E-state index contributed by atoms with van der Waals surface area (Å²) in [5, 5.41) is 3.89. The van der Waals surface area contributed by atoms with Crippen LogP contribution in [-0.4, -0.2) is 35.8 Å². The molecular weight excluding hydrogens is 396 g/mol. The average molecular weight is 433 g/mol. The minimum Gasteiger partial charge on any atom is -0.344 e. The molecule has 1 saturated heterocycles. The van der Waals surface area contributed by atoms with Gasteiger partial charge in [-0.1, -0.05) is 70.7 Å². The van der Waals surface area contributed by atoms with Gasteiger partial charge in [0.1, 0.15) is 6.04 Å². The van der Waals surface area contributed by atoms with Gasteiger partial charge in [-0.3, -0.25) is 9.59 Å². The highest BCUT2D eigenvalue weighted by Crippen LogP contribution is 2.42. The summed E-state index contributed by atoms with van der Waals surface area (Å²) in [6, 6.07) is 7.68. The molecule has 1 heterocycles. The van der Waals surface area contributed by atoms with Crippen molar-refractivity contribution >= 4 is 23.4 Å². The molecule has 1 saturated carbocycles. The molecule has 166 valence electrons. The van der Waals surface area contributed by atoms with E-state index in [4.69, 9.17) is 11.6 Å². The molecule has 2 amide bonds. The maximum Gasteiger partial charge on any atom is 0.245 e. The smallest absolute Gasteiger partial charge is 0.245 e. The average Bonchev–Trinajstić information content (AvgIpc) is 3.26. The second-order valence-electron chi connectivity index (χ2n) is 9.99. The quantitative estimate of drug-likeness (QED) is 0.653. The second kappa shape index (κ2) is 9.72. The van der Waals surface area contributed by atoms with Crippen molar-refractivity contribution < 1.29 is 9.59 Å². The molecule has 3 atom stereocenters. The zero-order valence-electron chi connectivity index (χ0n) is 18.9. The van der Waals surface area contributed by atoms with Crippen molar-refractivity contribution in [1.29, 1.82) is 0 Å². The van der Waals surface area contributed by atoms with Crippen molar-refractivity contribution in [2.75, 3.05) is 13.1 Å². The monoisotopic (exact) mass is 432 g/mol. The van der Waals surface area contributed by atoms with E-state index in [1.165, 1.54) is 5.56 Å². The lowest BCUT2D eigenvalue weighted by atomic mass is 9.70. The molecule has 0 spiro atoms. The lowest BCUT2D eigenvalue weighted by molar-refractivity contribution is -0.141. The summed E-state index contributed by atoms with van der Waals surface area (Å²) in [5.41, 5.74) is 1.24. The van der Waals surface area contributed by atoms with Gasteiger partial charge in [-0.25, -0.2) is 0 Å². The molecule has 1 aromatic carbocycles. The molecule has 30 heavy (non-hydrogen) atoms. The first-order valence-electron chi connectivity index (χ1n) is 11.6. The van der Waals surface area contributed by atoms with Gasteiger partial charge in [0.15, 0.2) is 0 Å². The Morgan fingerprint density at radius 1 is 1.17 bits per heavy atom. The Labute approximate surface area is 186 Å². The standard InChI is InChI=1S/C25H37ClN2O2/c1-5-17(2)22(27-23(29)19-8-6-7-9-19)24(30)28-15-14-21(25(3,4)16-28)18-10-12-20(26)13-11-18/h10-13,17,19,21-22H,5-9,14-16H2,1-4H3,(H,27,29)/t17-,21?,22+/m0/s1. The number of piperidine rings is 1. The summed E-state index contributed by atoms with van der Waals surface area (Å²) in [5.74, 6) is 0.741. The summed E-state index contributed by atoms with van der Waals surface area (Å²) >= 11 is 6.07. The highest BCUT2D eigenvalue weighted by atomic mass is 35.5. The molecule has 2 aliphatic rings. The van der Waals surface area contributed by atoms with Crippen molar-refractivity contribution in [3.05, 3.63) is 34.9 Å². The Morgan fingerprint density at radius 2 is 1.80 bits per heavy atom. The molecule has 1 aliphatic heterocycles. The summed E-state index contributed by atoms with van der Waals surface area (Å²) in [6.45, 7) is 10.1. The third kappa shape index (κ3) is 5.19. The lowest BCUT2D eigenvalue weighted by Crippen LogP contribution is -2.56. The predicted octanol–water partition coefficient (Wildman–Crippen LogP) is 5.40. The Bertz CT molecular complexity index is 740. The lowest BCUT2D eigenvalue weighted by Gasteiger charge is -2.46. The molecule has 1 N–H and O–H groups in total. The van der Waals surface area contributed by atoms with Gasteiger partial charge in [-0.05, 0) is 54.2 Å². The van der Waals surface area contributed by atoms with E-state index in [-0.39, 0.29) is 29.1 Å². The topological polar surface area (TPSA) is 49.4 Å². The van der Waals surface area contributed by atoms with Crippen molar-refractivity contribution in [1.82, 2.24) is 10.2 Å². The zero-order valence-corrected chi connectivity index (χ0v) is 19.7. The van der Waals surface area contributed by atoms with Crippen LogP contribution >= 0.6 is 11.6 Å². The van der Waals surface area contributed by atoms with E-state index in [1.54, 1.807) is 0 Å². The predicted molar refractivity (Wildman–Crippen MR) is 123 cm³/mol. The maximum absolute atomic E-state index is 13.5. The maximum atomic E-state index is 13.5. The van der Waals surface area contributed by atoms with E-state index < -0.39 is 6.04 Å². The van der Waals surface area contributed by atoms with E-state index in [1.807, 2.05) is 17.0 Å². The fourth-order valence-corrected chi connectivity index (χ4v) is 5.32. The first kappa shape index (κ1) is 23.1. The van der Waals surface area contributed by atoms with Crippen LogP contribution in [0.5, 0.6) is 0 Å². The molecular formula is C25H37ClN2O2. The van der Waals surface area contributed by atoms with Crippen LogP contribution in [0.25, 0.3) is 0 Å². The van der Waals surface area contributed by atoms with Crippen LogP contribution in [0, 0.1) is 17.3 Å². The van der Waals surface area contributed by atoms with Gasteiger partial charge < -0.3 is 10.2 Å². The molecule has 5 heteroatoms. The fraction of sp³-hybridized carbons (Fsp3) is 0.680. The summed E-state index contributed by atoms with van der Waals surface area (Å²) in [6.07, 6.45) is 5.93. The van der Waals surface area contributed by atoms with Gasteiger partial charge in [0, 0.05) is 24.0 Å². The Kier molecular flexibility index (Phi) is 7.49. The highest BCUT2D eigenvalue weighted by molar-refractivity contribution is 6.30. The summed E-state index contributed by atoms with van der Waals surface area (Å²) < 4.78 is 0.